The summed E-state index contributed by atoms with van der Waals surface area (Å²) in [5.74, 6) is 0.905. The molecule has 2 aromatic rings. The van der Waals surface area contributed by atoms with E-state index in [9.17, 15) is 9.59 Å². The highest BCUT2D eigenvalue weighted by Crippen LogP contribution is 2.41. The zero-order chi connectivity index (χ0) is 20.0. The highest BCUT2D eigenvalue weighted by atomic mass is 32.2. The third-order valence-corrected chi connectivity index (χ3v) is 7.40. The number of fused-ring (bicyclic) bond motifs is 3. The maximum absolute atomic E-state index is 12.9. The SMILES string of the molecule is N[C@@H]1CSCN1C(=O)CNC(=O)c1ccnc2ccc(N3C4CCC3CC4)cc12. The van der Waals surface area contributed by atoms with Crippen LogP contribution in [0, 0.1) is 0 Å². The first kappa shape index (κ1) is 18.7. The summed E-state index contributed by atoms with van der Waals surface area (Å²) in [5.41, 5.74) is 8.44. The molecule has 0 saturated carbocycles. The van der Waals surface area contributed by atoms with E-state index in [1.54, 1.807) is 28.9 Å². The molecule has 5 rings (SSSR count). The van der Waals surface area contributed by atoms with Gasteiger partial charge in [-0.2, -0.15) is 0 Å². The third-order valence-electron chi connectivity index (χ3n) is 6.36. The quantitative estimate of drug-likeness (QED) is 0.799. The molecule has 7 nitrogen and oxygen atoms in total. The third kappa shape index (κ3) is 3.34. The van der Waals surface area contributed by atoms with Gasteiger partial charge >= 0.3 is 0 Å². The summed E-state index contributed by atoms with van der Waals surface area (Å²) in [5, 5.41) is 3.60. The summed E-state index contributed by atoms with van der Waals surface area (Å²) in [6, 6.07) is 9.15. The van der Waals surface area contributed by atoms with Gasteiger partial charge in [-0.3, -0.25) is 14.6 Å². The van der Waals surface area contributed by atoms with Crippen molar-refractivity contribution in [1.29, 1.82) is 0 Å². The molecular formula is C21H25N5O2S. The molecule has 3 fully saturated rings. The van der Waals surface area contributed by atoms with Crippen molar-refractivity contribution in [3.8, 4) is 0 Å². The summed E-state index contributed by atoms with van der Waals surface area (Å²) in [6.07, 6.45) is 6.38. The first-order chi connectivity index (χ1) is 14.1. The van der Waals surface area contributed by atoms with Crippen LogP contribution in [0.4, 0.5) is 5.69 Å². The number of nitrogens with two attached hydrogens (primary N) is 1. The molecule has 0 unspecified atom stereocenters. The minimum atomic E-state index is -0.274. The molecule has 0 aliphatic carbocycles. The van der Waals surface area contributed by atoms with Crippen molar-refractivity contribution in [2.45, 2.75) is 43.9 Å². The molecular weight excluding hydrogens is 386 g/mol. The van der Waals surface area contributed by atoms with Crippen molar-refractivity contribution < 1.29 is 9.59 Å². The molecule has 3 saturated heterocycles. The number of aromatic nitrogens is 1. The lowest BCUT2D eigenvalue weighted by Crippen LogP contribution is -2.46. The van der Waals surface area contributed by atoms with Crippen LogP contribution in [0.25, 0.3) is 10.9 Å². The second kappa shape index (κ2) is 7.50. The van der Waals surface area contributed by atoms with E-state index in [-0.39, 0.29) is 24.5 Å². The Labute approximate surface area is 174 Å². The number of benzene rings is 1. The number of anilines is 1. The molecule has 2 amide bonds. The number of amides is 2. The van der Waals surface area contributed by atoms with Crippen molar-refractivity contribution in [3.05, 3.63) is 36.0 Å². The molecule has 4 heterocycles. The van der Waals surface area contributed by atoms with Crippen molar-refractivity contribution in [2.75, 3.05) is 23.1 Å². The number of nitrogens with one attached hydrogen (secondary N) is 1. The van der Waals surface area contributed by atoms with Gasteiger partial charge in [0.25, 0.3) is 5.91 Å². The number of carbonyl (C=O) groups excluding carboxylic acids is 2. The zero-order valence-corrected chi connectivity index (χ0v) is 17.0. The Hall–Kier alpha value is -2.32. The molecule has 0 radical (unpaired) electrons. The lowest BCUT2D eigenvalue weighted by atomic mass is 10.0. The molecule has 1 atom stereocenters. The fourth-order valence-electron chi connectivity index (χ4n) is 4.89. The van der Waals surface area contributed by atoms with Gasteiger partial charge in [0, 0.05) is 35.1 Å². The maximum Gasteiger partial charge on any atom is 0.252 e. The number of carbonyl (C=O) groups is 2. The van der Waals surface area contributed by atoms with E-state index >= 15 is 0 Å². The largest absolute Gasteiger partial charge is 0.366 e. The molecule has 29 heavy (non-hydrogen) atoms. The number of nitrogens with zero attached hydrogens (tertiary/aromatic N) is 3. The smallest absolute Gasteiger partial charge is 0.252 e. The molecule has 1 aromatic carbocycles. The molecule has 8 heteroatoms. The fourth-order valence-corrected chi connectivity index (χ4v) is 5.95. The summed E-state index contributed by atoms with van der Waals surface area (Å²) in [7, 11) is 0. The Balaban J connectivity index is 1.37. The van der Waals surface area contributed by atoms with Gasteiger partial charge in [-0.1, -0.05) is 0 Å². The van der Waals surface area contributed by atoms with Crippen LogP contribution >= 0.6 is 11.8 Å². The monoisotopic (exact) mass is 411 g/mol. The zero-order valence-electron chi connectivity index (χ0n) is 16.2. The second-order valence-corrected chi connectivity index (χ2v) is 9.04. The second-order valence-electron chi connectivity index (χ2n) is 8.04. The van der Waals surface area contributed by atoms with Crippen LogP contribution in [-0.2, 0) is 4.79 Å². The summed E-state index contributed by atoms with van der Waals surface area (Å²) in [6.45, 7) is -0.0487. The van der Waals surface area contributed by atoms with E-state index in [0.29, 0.717) is 23.5 Å². The first-order valence-electron chi connectivity index (χ1n) is 10.2. The lowest BCUT2D eigenvalue weighted by molar-refractivity contribution is -0.130. The molecule has 3 aliphatic rings. The van der Waals surface area contributed by atoms with E-state index in [0.717, 1.165) is 16.7 Å². The highest BCUT2D eigenvalue weighted by molar-refractivity contribution is 7.99. The average Bonchev–Trinajstić information content (AvgIpc) is 3.46. The van der Waals surface area contributed by atoms with Crippen LogP contribution in [0.1, 0.15) is 36.0 Å². The van der Waals surface area contributed by atoms with E-state index < -0.39 is 0 Å². The molecule has 3 N–H and O–H groups in total. The number of pyridine rings is 1. The predicted molar refractivity (Wildman–Crippen MR) is 115 cm³/mol. The summed E-state index contributed by atoms with van der Waals surface area (Å²) in [4.78, 5) is 33.8. The van der Waals surface area contributed by atoms with E-state index in [2.05, 4.69) is 27.3 Å². The van der Waals surface area contributed by atoms with Gasteiger partial charge in [0.15, 0.2) is 0 Å². The average molecular weight is 412 g/mol. The van der Waals surface area contributed by atoms with Gasteiger partial charge in [-0.05, 0) is 49.9 Å². The van der Waals surface area contributed by atoms with Crippen LogP contribution < -0.4 is 16.0 Å². The number of hydrogen-bond acceptors (Lipinski definition) is 6. The molecule has 3 aliphatic heterocycles. The molecule has 1 aromatic heterocycles. The minimum absolute atomic E-state index is 0.0487. The fraction of sp³-hybridized carbons (Fsp3) is 0.476. The molecule has 2 bridgehead atoms. The van der Waals surface area contributed by atoms with Gasteiger partial charge in [0.05, 0.1) is 29.7 Å². The number of thioether (sulfide) groups is 1. The van der Waals surface area contributed by atoms with Gasteiger partial charge in [0.2, 0.25) is 5.91 Å². The summed E-state index contributed by atoms with van der Waals surface area (Å²) >= 11 is 1.62. The topological polar surface area (TPSA) is 91.6 Å². The van der Waals surface area contributed by atoms with Crippen LogP contribution in [0.3, 0.4) is 0 Å². The molecule has 0 spiro atoms. The van der Waals surface area contributed by atoms with Gasteiger partial charge in [-0.25, -0.2) is 0 Å². The summed E-state index contributed by atoms with van der Waals surface area (Å²) < 4.78 is 0. The number of rotatable bonds is 4. The Morgan fingerprint density at radius 1 is 1.17 bits per heavy atom. The number of hydrogen-bond donors (Lipinski definition) is 2. The van der Waals surface area contributed by atoms with Crippen molar-refractivity contribution in [2.24, 2.45) is 5.73 Å². The minimum Gasteiger partial charge on any atom is -0.366 e. The van der Waals surface area contributed by atoms with Gasteiger partial charge in [0.1, 0.15) is 0 Å². The van der Waals surface area contributed by atoms with Crippen molar-refractivity contribution in [3.63, 3.8) is 0 Å². The Bertz CT molecular complexity index is 947. The van der Waals surface area contributed by atoms with Crippen LogP contribution in [0.5, 0.6) is 0 Å². The Kier molecular flexibility index (Phi) is 4.83. The predicted octanol–water partition coefficient (Wildman–Crippen LogP) is 1.91. The van der Waals surface area contributed by atoms with E-state index in [4.69, 9.17) is 5.73 Å². The van der Waals surface area contributed by atoms with E-state index in [1.807, 2.05) is 6.07 Å². The van der Waals surface area contributed by atoms with Gasteiger partial charge in [-0.15, -0.1) is 11.8 Å². The normalized spacial score (nSPS) is 25.8. The first-order valence-corrected chi connectivity index (χ1v) is 11.4. The maximum atomic E-state index is 12.9. The van der Waals surface area contributed by atoms with Gasteiger partial charge < -0.3 is 20.9 Å². The Morgan fingerprint density at radius 3 is 2.62 bits per heavy atom. The van der Waals surface area contributed by atoms with Crippen molar-refractivity contribution >= 4 is 40.2 Å². The van der Waals surface area contributed by atoms with Crippen LogP contribution in [0.15, 0.2) is 30.5 Å². The Morgan fingerprint density at radius 2 is 1.93 bits per heavy atom. The van der Waals surface area contributed by atoms with Crippen LogP contribution in [-0.4, -0.2) is 58.1 Å². The molecule has 152 valence electrons. The standard InChI is InChI=1S/C21H25N5O2S/c22-19-11-29-12-25(19)20(27)10-24-21(28)16-7-8-23-18-6-5-15(9-17(16)18)26-13-1-2-14(26)4-3-13/h5-9,13-14,19H,1-4,10-12,22H2,(H,24,28)/t13?,14?,19-/m0/s1. The van der Waals surface area contributed by atoms with Crippen molar-refractivity contribution in [1.82, 2.24) is 15.2 Å². The lowest BCUT2D eigenvalue weighted by Gasteiger charge is -2.25. The van der Waals surface area contributed by atoms with Crippen LogP contribution in [0.2, 0.25) is 0 Å². The van der Waals surface area contributed by atoms with E-state index in [1.165, 1.54) is 31.4 Å². The highest BCUT2D eigenvalue weighted by Gasteiger charge is 2.39.